The van der Waals surface area contributed by atoms with E-state index in [1.54, 1.807) is 52.0 Å². The Morgan fingerprint density at radius 1 is 1.00 bits per heavy atom. The second-order valence-corrected chi connectivity index (χ2v) is 10.4. The highest BCUT2D eigenvalue weighted by Gasteiger charge is 2.36. The molecular weight excluding hydrogens is 522 g/mol. The van der Waals surface area contributed by atoms with E-state index in [0.29, 0.717) is 17.5 Å². The van der Waals surface area contributed by atoms with Gasteiger partial charge in [0, 0.05) is 25.1 Å². The van der Waals surface area contributed by atoms with Crippen LogP contribution in [0.3, 0.4) is 0 Å². The third-order valence-corrected chi connectivity index (χ3v) is 5.91. The summed E-state index contributed by atoms with van der Waals surface area (Å²) in [5.74, 6) is 1.19. The van der Waals surface area contributed by atoms with Crippen LogP contribution in [0, 0.1) is 12.3 Å². The van der Waals surface area contributed by atoms with E-state index in [2.05, 4.69) is 16.6 Å². The van der Waals surface area contributed by atoms with Gasteiger partial charge in [0.1, 0.15) is 17.7 Å². The van der Waals surface area contributed by atoms with Crippen LogP contribution in [-0.2, 0) is 30.3 Å². The Labute approximate surface area is 243 Å². The Hall–Kier alpha value is -4.32. The summed E-state index contributed by atoms with van der Waals surface area (Å²) in [5, 5.41) is 5.49. The minimum absolute atomic E-state index is 0.0130. The first-order chi connectivity index (χ1) is 19.5. The number of benzene rings is 2. The summed E-state index contributed by atoms with van der Waals surface area (Å²) in [5.41, 5.74) is 1.22. The SMILES string of the molecule is C#Cc1ccc(C(C(=O)NCCC(=O)OCC)N(CCC)C(=O)C(Cc2ccccc2)NC(=O)OC(C)(C)C)cc1. The maximum Gasteiger partial charge on any atom is 0.408 e. The summed E-state index contributed by atoms with van der Waals surface area (Å²) in [6.45, 7) is 9.31. The third kappa shape index (κ3) is 11.0. The molecule has 220 valence electrons. The topological polar surface area (TPSA) is 114 Å². The van der Waals surface area contributed by atoms with Gasteiger partial charge in [-0.1, -0.05) is 55.3 Å². The minimum atomic E-state index is -1.05. The molecule has 9 nitrogen and oxygen atoms in total. The van der Waals surface area contributed by atoms with Gasteiger partial charge in [0.25, 0.3) is 0 Å². The van der Waals surface area contributed by atoms with Gasteiger partial charge in [-0.25, -0.2) is 4.79 Å². The Morgan fingerprint density at radius 2 is 1.66 bits per heavy atom. The molecule has 3 amide bonds. The molecule has 0 aromatic heterocycles. The highest BCUT2D eigenvalue weighted by atomic mass is 16.6. The predicted octanol–water partition coefficient (Wildman–Crippen LogP) is 4.15. The number of hydrogen-bond donors (Lipinski definition) is 2. The molecule has 0 fully saturated rings. The summed E-state index contributed by atoms with van der Waals surface area (Å²) >= 11 is 0. The lowest BCUT2D eigenvalue weighted by molar-refractivity contribution is -0.144. The fourth-order valence-corrected chi connectivity index (χ4v) is 4.16. The summed E-state index contributed by atoms with van der Waals surface area (Å²) in [6.07, 6.45) is 5.51. The molecule has 2 N–H and O–H groups in total. The zero-order chi connectivity index (χ0) is 30.4. The van der Waals surface area contributed by atoms with Crippen molar-refractivity contribution in [1.29, 1.82) is 0 Å². The molecule has 2 aromatic rings. The molecule has 2 rings (SSSR count). The van der Waals surface area contributed by atoms with E-state index >= 15 is 0 Å². The Balaban J connectivity index is 2.46. The molecule has 0 aliphatic carbocycles. The van der Waals surface area contributed by atoms with Gasteiger partial charge in [0.15, 0.2) is 0 Å². The Morgan fingerprint density at radius 3 is 2.22 bits per heavy atom. The zero-order valence-electron chi connectivity index (χ0n) is 24.6. The van der Waals surface area contributed by atoms with Crippen molar-refractivity contribution >= 4 is 23.9 Å². The van der Waals surface area contributed by atoms with E-state index in [0.717, 1.165) is 5.56 Å². The largest absolute Gasteiger partial charge is 0.466 e. The van der Waals surface area contributed by atoms with Gasteiger partial charge >= 0.3 is 12.1 Å². The maximum atomic E-state index is 14.2. The van der Waals surface area contributed by atoms with Crippen molar-refractivity contribution in [2.75, 3.05) is 19.7 Å². The first-order valence-electron chi connectivity index (χ1n) is 13.8. The molecule has 2 atom stereocenters. The highest BCUT2D eigenvalue weighted by molar-refractivity contribution is 5.92. The quantitative estimate of drug-likeness (QED) is 0.280. The lowest BCUT2D eigenvalue weighted by Crippen LogP contribution is -2.54. The van der Waals surface area contributed by atoms with Gasteiger partial charge < -0.3 is 25.0 Å². The molecule has 0 heterocycles. The number of nitrogens with zero attached hydrogens (tertiary/aromatic N) is 1. The predicted molar refractivity (Wildman–Crippen MR) is 157 cm³/mol. The summed E-state index contributed by atoms with van der Waals surface area (Å²) in [7, 11) is 0. The van der Waals surface area contributed by atoms with Gasteiger partial charge in [0.2, 0.25) is 11.8 Å². The maximum absolute atomic E-state index is 14.2. The van der Waals surface area contributed by atoms with Gasteiger partial charge in [-0.15, -0.1) is 6.42 Å². The number of alkyl carbamates (subject to hydrolysis) is 1. The van der Waals surface area contributed by atoms with E-state index in [9.17, 15) is 19.2 Å². The Bertz CT molecular complexity index is 1200. The molecule has 2 unspecified atom stereocenters. The van der Waals surface area contributed by atoms with Gasteiger partial charge in [-0.05, 0) is 57.4 Å². The van der Waals surface area contributed by atoms with Crippen LogP contribution < -0.4 is 10.6 Å². The molecule has 9 heteroatoms. The number of ether oxygens (including phenoxy) is 2. The summed E-state index contributed by atoms with van der Waals surface area (Å²) in [4.78, 5) is 53.9. The fourth-order valence-electron chi connectivity index (χ4n) is 4.16. The van der Waals surface area contributed by atoms with Crippen LogP contribution >= 0.6 is 0 Å². The molecule has 0 bridgehead atoms. The number of hydrogen-bond acceptors (Lipinski definition) is 6. The molecule has 2 aromatic carbocycles. The Kier molecular flexibility index (Phi) is 12.9. The lowest BCUT2D eigenvalue weighted by atomic mass is 9.99. The van der Waals surface area contributed by atoms with Crippen LogP contribution in [0.25, 0.3) is 0 Å². The van der Waals surface area contributed by atoms with Crippen molar-refractivity contribution in [3.05, 3.63) is 71.3 Å². The number of nitrogens with one attached hydrogen (secondary N) is 2. The van der Waals surface area contributed by atoms with Gasteiger partial charge in [0.05, 0.1) is 13.0 Å². The van der Waals surface area contributed by atoms with Crippen molar-refractivity contribution in [1.82, 2.24) is 15.5 Å². The molecule has 0 aliphatic rings. The van der Waals surface area contributed by atoms with E-state index in [1.807, 2.05) is 37.3 Å². The minimum Gasteiger partial charge on any atom is -0.466 e. The van der Waals surface area contributed by atoms with Crippen LogP contribution in [0.5, 0.6) is 0 Å². The average molecular weight is 564 g/mol. The average Bonchev–Trinajstić information content (AvgIpc) is 2.92. The highest BCUT2D eigenvalue weighted by Crippen LogP contribution is 2.24. The van der Waals surface area contributed by atoms with Crippen LogP contribution in [0.15, 0.2) is 54.6 Å². The van der Waals surface area contributed by atoms with Crippen molar-refractivity contribution in [2.45, 2.75) is 71.6 Å². The van der Waals surface area contributed by atoms with E-state index < -0.39 is 41.6 Å². The number of esters is 1. The smallest absolute Gasteiger partial charge is 0.408 e. The van der Waals surface area contributed by atoms with Crippen LogP contribution in [-0.4, -0.2) is 60.1 Å². The monoisotopic (exact) mass is 563 g/mol. The number of carbonyl (C=O) groups excluding carboxylic acids is 4. The van der Waals surface area contributed by atoms with E-state index in [-0.39, 0.29) is 32.5 Å². The fraction of sp³-hybridized carbons (Fsp3) is 0.438. The van der Waals surface area contributed by atoms with Crippen molar-refractivity contribution in [2.24, 2.45) is 0 Å². The lowest BCUT2D eigenvalue weighted by Gasteiger charge is -2.34. The first-order valence-corrected chi connectivity index (χ1v) is 13.8. The molecule has 41 heavy (non-hydrogen) atoms. The third-order valence-electron chi connectivity index (χ3n) is 5.91. The standard InChI is InChI=1S/C32H41N3O6/c1-7-21-35(30(38)26(22-24-13-11-10-12-14-24)34-31(39)41-32(4,5)6)28(25-17-15-23(8-2)16-18-25)29(37)33-20-19-27(36)40-9-3/h2,10-18,26,28H,7,9,19-22H2,1,3-6H3,(H,33,37)(H,34,39). The molecule has 0 saturated heterocycles. The van der Waals surface area contributed by atoms with Crippen molar-refractivity contribution < 1.29 is 28.7 Å². The van der Waals surface area contributed by atoms with Crippen LogP contribution in [0.2, 0.25) is 0 Å². The van der Waals surface area contributed by atoms with Gasteiger partial charge in [-0.2, -0.15) is 0 Å². The normalized spacial score (nSPS) is 12.3. The number of amides is 3. The molecular formula is C32H41N3O6. The van der Waals surface area contributed by atoms with E-state index in [4.69, 9.17) is 15.9 Å². The zero-order valence-corrected chi connectivity index (χ0v) is 24.6. The molecule has 0 radical (unpaired) electrons. The number of terminal acetylenes is 1. The number of carbonyl (C=O) groups is 4. The summed E-state index contributed by atoms with van der Waals surface area (Å²) < 4.78 is 10.4. The molecule has 0 spiro atoms. The second kappa shape index (κ2) is 16.1. The van der Waals surface area contributed by atoms with Crippen molar-refractivity contribution in [3.8, 4) is 12.3 Å². The van der Waals surface area contributed by atoms with Crippen LogP contribution in [0.4, 0.5) is 4.79 Å². The van der Waals surface area contributed by atoms with Crippen LogP contribution in [0.1, 0.15) is 70.2 Å². The van der Waals surface area contributed by atoms with E-state index in [1.165, 1.54) is 4.90 Å². The summed E-state index contributed by atoms with van der Waals surface area (Å²) in [6, 6.07) is 14.0. The second-order valence-electron chi connectivity index (χ2n) is 10.4. The van der Waals surface area contributed by atoms with Gasteiger partial charge in [-0.3, -0.25) is 14.4 Å². The molecule has 0 aliphatic heterocycles. The molecule has 0 saturated carbocycles. The first kappa shape index (κ1) is 32.9. The number of rotatable bonds is 13. The van der Waals surface area contributed by atoms with Crippen molar-refractivity contribution in [3.63, 3.8) is 0 Å².